The fourth-order valence-corrected chi connectivity index (χ4v) is 4.24. The van der Waals surface area contributed by atoms with E-state index < -0.39 is 5.66 Å². The van der Waals surface area contributed by atoms with Gasteiger partial charge >= 0.3 is 0 Å². The molecular formula is C21H30N4OS. The lowest BCUT2D eigenvalue weighted by Gasteiger charge is -2.49. The Bertz CT molecular complexity index is 778. The Labute approximate surface area is 167 Å². The first-order valence-electron chi connectivity index (χ1n) is 9.90. The molecule has 2 heterocycles. The van der Waals surface area contributed by atoms with Crippen molar-refractivity contribution in [2.24, 2.45) is 5.73 Å². The number of hydrogen-bond acceptors (Lipinski definition) is 5. The number of amides is 1. The summed E-state index contributed by atoms with van der Waals surface area (Å²) >= 11 is 4.37. The van der Waals surface area contributed by atoms with E-state index in [1.807, 2.05) is 35.2 Å². The Balaban J connectivity index is 1.94. The van der Waals surface area contributed by atoms with Crippen LogP contribution in [0.5, 0.6) is 0 Å². The molecule has 1 saturated heterocycles. The molecule has 1 unspecified atom stereocenters. The molecule has 3 rings (SSSR count). The maximum atomic E-state index is 13.5. The standard InChI is InChI=1S/C21H30N4OS/c1-2-3-11-21(22)18(10-6-15-27)25(14-13-24-21)20(26)17-9-4-7-16-8-5-12-23-19(16)17/h4-5,7-9,12,18,24,27H,2-3,6,10-11,13-15,22H2,1H3/t18?,21-/m0/s1. The average Bonchev–Trinajstić information content (AvgIpc) is 2.70. The summed E-state index contributed by atoms with van der Waals surface area (Å²) in [5.41, 5.74) is 7.67. The molecule has 2 atom stereocenters. The van der Waals surface area contributed by atoms with Crippen LogP contribution in [0.3, 0.4) is 0 Å². The molecule has 0 spiro atoms. The van der Waals surface area contributed by atoms with Crippen molar-refractivity contribution in [3.63, 3.8) is 0 Å². The Morgan fingerprint density at radius 2 is 2.19 bits per heavy atom. The van der Waals surface area contributed by atoms with E-state index in [1.165, 1.54) is 0 Å². The molecular weight excluding hydrogens is 356 g/mol. The highest BCUT2D eigenvalue weighted by molar-refractivity contribution is 7.80. The number of fused-ring (bicyclic) bond motifs is 1. The highest BCUT2D eigenvalue weighted by Gasteiger charge is 2.43. The lowest BCUT2D eigenvalue weighted by molar-refractivity contribution is 0.0317. The Kier molecular flexibility index (Phi) is 6.73. The van der Waals surface area contributed by atoms with Gasteiger partial charge in [-0.05, 0) is 37.1 Å². The fourth-order valence-electron chi connectivity index (χ4n) is 4.06. The van der Waals surface area contributed by atoms with Crippen molar-refractivity contribution in [2.45, 2.75) is 50.7 Å². The number of carbonyl (C=O) groups is 1. The SMILES string of the molecule is CCCC[C@]1(N)NCCN(C(=O)c2cccc3cccnc23)C1CCCS. The van der Waals surface area contributed by atoms with Crippen LogP contribution < -0.4 is 11.1 Å². The van der Waals surface area contributed by atoms with E-state index in [0.717, 1.165) is 48.8 Å². The molecule has 0 aliphatic carbocycles. The van der Waals surface area contributed by atoms with Crippen LogP contribution in [0.1, 0.15) is 49.4 Å². The zero-order chi connectivity index (χ0) is 19.3. The molecule has 0 radical (unpaired) electrons. The van der Waals surface area contributed by atoms with Gasteiger partial charge in [-0.1, -0.05) is 38.0 Å². The summed E-state index contributed by atoms with van der Waals surface area (Å²) in [7, 11) is 0. The lowest BCUT2D eigenvalue weighted by atomic mass is 9.87. The Hall–Kier alpha value is -1.63. The van der Waals surface area contributed by atoms with E-state index in [2.05, 4.69) is 29.9 Å². The van der Waals surface area contributed by atoms with Crippen LogP contribution in [0.2, 0.25) is 0 Å². The number of thiol groups is 1. The summed E-state index contributed by atoms with van der Waals surface area (Å²) in [4.78, 5) is 20.0. The highest BCUT2D eigenvalue weighted by Crippen LogP contribution is 2.28. The number of hydrogen-bond donors (Lipinski definition) is 3. The first kappa shape index (κ1) is 20.1. The molecule has 3 N–H and O–H groups in total. The van der Waals surface area contributed by atoms with E-state index in [0.29, 0.717) is 18.7 Å². The predicted molar refractivity (Wildman–Crippen MR) is 114 cm³/mol. The van der Waals surface area contributed by atoms with Crippen molar-refractivity contribution in [1.82, 2.24) is 15.2 Å². The number of carbonyl (C=O) groups excluding carboxylic acids is 1. The molecule has 2 aromatic rings. The van der Waals surface area contributed by atoms with Crippen LogP contribution in [-0.4, -0.2) is 46.3 Å². The van der Waals surface area contributed by atoms with Gasteiger partial charge in [0.15, 0.2) is 0 Å². The third-order valence-electron chi connectivity index (χ3n) is 5.48. The molecule has 1 fully saturated rings. The van der Waals surface area contributed by atoms with Crippen molar-refractivity contribution in [3.8, 4) is 0 Å². The van der Waals surface area contributed by atoms with Crippen LogP contribution in [-0.2, 0) is 0 Å². The van der Waals surface area contributed by atoms with Gasteiger partial charge in [0.05, 0.1) is 22.8 Å². The lowest BCUT2D eigenvalue weighted by Crippen LogP contribution is -2.72. The van der Waals surface area contributed by atoms with Crippen LogP contribution in [0.4, 0.5) is 0 Å². The summed E-state index contributed by atoms with van der Waals surface area (Å²) in [6.07, 6.45) is 6.50. The number of pyridine rings is 1. The van der Waals surface area contributed by atoms with Crippen LogP contribution in [0.15, 0.2) is 36.5 Å². The number of nitrogens with two attached hydrogens (primary N) is 1. The molecule has 1 aromatic heterocycles. The van der Waals surface area contributed by atoms with Crippen LogP contribution >= 0.6 is 12.6 Å². The number of rotatable bonds is 7. The number of para-hydroxylation sites is 1. The summed E-state index contributed by atoms with van der Waals surface area (Å²) in [6, 6.07) is 9.63. The third kappa shape index (κ3) is 4.28. The molecule has 1 amide bonds. The van der Waals surface area contributed by atoms with Gasteiger partial charge in [0.25, 0.3) is 5.91 Å². The van der Waals surface area contributed by atoms with Gasteiger partial charge < -0.3 is 10.6 Å². The van der Waals surface area contributed by atoms with Gasteiger partial charge in [0.1, 0.15) is 0 Å². The number of aromatic nitrogens is 1. The second-order valence-electron chi connectivity index (χ2n) is 7.33. The second kappa shape index (κ2) is 9.04. The minimum Gasteiger partial charge on any atom is -0.331 e. The minimum absolute atomic E-state index is 0.0243. The molecule has 0 saturated carbocycles. The summed E-state index contributed by atoms with van der Waals surface area (Å²) in [5, 5.41) is 4.49. The zero-order valence-electron chi connectivity index (χ0n) is 16.0. The van der Waals surface area contributed by atoms with Crippen molar-refractivity contribution in [1.29, 1.82) is 0 Å². The quantitative estimate of drug-likeness (QED) is 0.639. The van der Waals surface area contributed by atoms with E-state index in [4.69, 9.17) is 5.73 Å². The zero-order valence-corrected chi connectivity index (χ0v) is 16.9. The molecule has 146 valence electrons. The van der Waals surface area contributed by atoms with Crippen molar-refractivity contribution >= 4 is 29.4 Å². The van der Waals surface area contributed by atoms with Gasteiger partial charge in [0, 0.05) is 24.7 Å². The molecule has 5 nitrogen and oxygen atoms in total. The summed E-state index contributed by atoms with van der Waals surface area (Å²) < 4.78 is 0. The van der Waals surface area contributed by atoms with Crippen LogP contribution in [0.25, 0.3) is 10.9 Å². The molecule has 6 heteroatoms. The molecule has 1 aliphatic heterocycles. The number of nitrogens with zero attached hydrogens (tertiary/aromatic N) is 2. The Morgan fingerprint density at radius 3 is 2.96 bits per heavy atom. The van der Waals surface area contributed by atoms with E-state index in [1.54, 1.807) is 6.20 Å². The van der Waals surface area contributed by atoms with Gasteiger partial charge in [-0.3, -0.25) is 15.1 Å². The van der Waals surface area contributed by atoms with Crippen molar-refractivity contribution in [3.05, 3.63) is 42.1 Å². The van der Waals surface area contributed by atoms with Gasteiger partial charge in [-0.15, -0.1) is 0 Å². The number of piperazine rings is 1. The van der Waals surface area contributed by atoms with Crippen molar-refractivity contribution in [2.75, 3.05) is 18.8 Å². The van der Waals surface area contributed by atoms with E-state index in [-0.39, 0.29) is 11.9 Å². The predicted octanol–water partition coefficient (Wildman–Crippen LogP) is 3.20. The molecule has 0 bridgehead atoms. The third-order valence-corrected chi connectivity index (χ3v) is 5.80. The largest absolute Gasteiger partial charge is 0.331 e. The summed E-state index contributed by atoms with van der Waals surface area (Å²) in [6.45, 7) is 3.53. The second-order valence-corrected chi connectivity index (χ2v) is 7.78. The topological polar surface area (TPSA) is 71.2 Å². The maximum absolute atomic E-state index is 13.5. The normalized spacial score (nSPS) is 22.9. The highest BCUT2D eigenvalue weighted by atomic mass is 32.1. The number of nitrogens with one attached hydrogen (secondary N) is 1. The molecule has 1 aliphatic rings. The number of unbranched alkanes of at least 4 members (excludes halogenated alkanes) is 1. The monoisotopic (exact) mass is 386 g/mol. The van der Waals surface area contributed by atoms with Gasteiger partial charge in [0.2, 0.25) is 0 Å². The number of benzene rings is 1. The fraction of sp³-hybridized carbons (Fsp3) is 0.524. The smallest absolute Gasteiger partial charge is 0.256 e. The molecule has 1 aromatic carbocycles. The van der Waals surface area contributed by atoms with Gasteiger partial charge in [-0.2, -0.15) is 12.6 Å². The van der Waals surface area contributed by atoms with Crippen LogP contribution in [0, 0.1) is 0 Å². The van der Waals surface area contributed by atoms with E-state index in [9.17, 15) is 4.79 Å². The first-order valence-corrected chi connectivity index (χ1v) is 10.5. The average molecular weight is 387 g/mol. The maximum Gasteiger partial charge on any atom is 0.256 e. The molecule has 27 heavy (non-hydrogen) atoms. The first-order chi connectivity index (χ1) is 13.1. The minimum atomic E-state index is -0.551. The van der Waals surface area contributed by atoms with Crippen molar-refractivity contribution < 1.29 is 4.79 Å². The van der Waals surface area contributed by atoms with E-state index >= 15 is 0 Å². The Morgan fingerprint density at radius 1 is 1.37 bits per heavy atom. The summed E-state index contributed by atoms with van der Waals surface area (Å²) in [5.74, 6) is 0.814. The van der Waals surface area contributed by atoms with Gasteiger partial charge in [-0.25, -0.2) is 0 Å².